The van der Waals surface area contributed by atoms with Crippen molar-refractivity contribution in [1.29, 1.82) is 0 Å². The van der Waals surface area contributed by atoms with Gasteiger partial charge < -0.3 is 5.32 Å². The fourth-order valence-electron chi connectivity index (χ4n) is 2.27. The molecule has 0 radical (unpaired) electrons. The van der Waals surface area contributed by atoms with Crippen LogP contribution in [0.1, 0.15) is 33.6 Å². The SMILES string of the molecule is C=CCCC1=C(NCC=C)C(=O)c2ccccc2C1=O. The third-order valence-corrected chi connectivity index (χ3v) is 3.24. The number of nitrogens with one attached hydrogen (secondary N) is 1. The fourth-order valence-corrected chi connectivity index (χ4v) is 2.27. The van der Waals surface area contributed by atoms with Crippen LogP contribution in [0.3, 0.4) is 0 Å². The number of carbonyl (C=O) groups excluding carboxylic acids is 2. The van der Waals surface area contributed by atoms with Gasteiger partial charge in [0.25, 0.3) is 0 Å². The summed E-state index contributed by atoms with van der Waals surface area (Å²) in [5.41, 5.74) is 1.89. The summed E-state index contributed by atoms with van der Waals surface area (Å²) in [6.45, 7) is 7.74. The lowest BCUT2D eigenvalue weighted by atomic mass is 9.85. The maximum absolute atomic E-state index is 12.5. The number of Topliss-reactive ketones (excluding diaryl/α,β-unsaturated/α-hetero) is 2. The molecule has 0 saturated carbocycles. The smallest absolute Gasteiger partial charge is 0.210 e. The van der Waals surface area contributed by atoms with Crippen molar-refractivity contribution in [2.45, 2.75) is 12.8 Å². The van der Waals surface area contributed by atoms with Crippen molar-refractivity contribution in [3.8, 4) is 0 Å². The minimum absolute atomic E-state index is 0.0754. The number of rotatable bonds is 6. The largest absolute Gasteiger partial charge is 0.378 e. The van der Waals surface area contributed by atoms with Crippen LogP contribution in [0.2, 0.25) is 0 Å². The van der Waals surface area contributed by atoms with E-state index in [2.05, 4.69) is 18.5 Å². The van der Waals surface area contributed by atoms with Crippen LogP contribution in [0, 0.1) is 0 Å². The Morgan fingerprint density at radius 3 is 2.25 bits per heavy atom. The van der Waals surface area contributed by atoms with Crippen molar-refractivity contribution in [3.05, 3.63) is 72.0 Å². The fraction of sp³-hybridized carbons (Fsp3) is 0.176. The first-order chi connectivity index (χ1) is 9.70. The molecule has 102 valence electrons. The van der Waals surface area contributed by atoms with Gasteiger partial charge in [0, 0.05) is 23.2 Å². The maximum Gasteiger partial charge on any atom is 0.210 e. The lowest BCUT2D eigenvalue weighted by Crippen LogP contribution is -2.30. The molecule has 0 heterocycles. The highest BCUT2D eigenvalue weighted by Crippen LogP contribution is 2.27. The topological polar surface area (TPSA) is 46.2 Å². The summed E-state index contributed by atoms with van der Waals surface area (Å²) in [6.07, 6.45) is 4.59. The molecule has 1 aliphatic carbocycles. The number of ketones is 2. The molecule has 0 aromatic heterocycles. The first-order valence-corrected chi connectivity index (χ1v) is 6.58. The minimum Gasteiger partial charge on any atom is -0.378 e. The zero-order valence-electron chi connectivity index (χ0n) is 11.3. The van der Waals surface area contributed by atoms with E-state index < -0.39 is 0 Å². The van der Waals surface area contributed by atoms with E-state index in [4.69, 9.17) is 0 Å². The van der Waals surface area contributed by atoms with Crippen LogP contribution in [0.4, 0.5) is 0 Å². The van der Waals surface area contributed by atoms with E-state index in [1.54, 1.807) is 36.4 Å². The predicted octanol–water partition coefficient (Wildman–Crippen LogP) is 3.06. The summed E-state index contributed by atoms with van der Waals surface area (Å²) in [5, 5.41) is 3.01. The van der Waals surface area contributed by atoms with Crippen molar-refractivity contribution in [2.75, 3.05) is 6.54 Å². The lowest BCUT2D eigenvalue weighted by Gasteiger charge is -2.21. The quantitative estimate of drug-likeness (QED) is 0.806. The Balaban J connectivity index is 2.48. The summed E-state index contributed by atoms with van der Waals surface area (Å²) in [6, 6.07) is 6.93. The van der Waals surface area contributed by atoms with E-state index in [1.807, 2.05) is 0 Å². The van der Waals surface area contributed by atoms with Gasteiger partial charge in [0.1, 0.15) is 0 Å². The molecule has 0 saturated heterocycles. The van der Waals surface area contributed by atoms with Crippen LogP contribution in [0.5, 0.6) is 0 Å². The molecule has 20 heavy (non-hydrogen) atoms. The third kappa shape index (κ3) is 2.48. The molecule has 0 atom stereocenters. The second-order valence-corrected chi connectivity index (χ2v) is 4.55. The summed E-state index contributed by atoms with van der Waals surface area (Å²) in [4.78, 5) is 25.0. The first-order valence-electron chi connectivity index (χ1n) is 6.58. The molecule has 0 fully saturated rings. The zero-order valence-corrected chi connectivity index (χ0v) is 11.3. The van der Waals surface area contributed by atoms with Gasteiger partial charge in [-0.3, -0.25) is 9.59 Å². The number of hydrogen-bond donors (Lipinski definition) is 1. The minimum atomic E-state index is -0.124. The normalized spacial score (nSPS) is 14.0. The van der Waals surface area contributed by atoms with Crippen LogP contribution in [0.25, 0.3) is 0 Å². The van der Waals surface area contributed by atoms with E-state index in [0.29, 0.717) is 41.8 Å². The maximum atomic E-state index is 12.5. The van der Waals surface area contributed by atoms with Gasteiger partial charge in [-0.05, 0) is 12.8 Å². The van der Waals surface area contributed by atoms with Gasteiger partial charge in [-0.2, -0.15) is 0 Å². The van der Waals surface area contributed by atoms with Crippen molar-refractivity contribution in [1.82, 2.24) is 5.32 Å². The molecule has 2 rings (SSSR count). The van der Waals surface area contributed by atoms with E-state index in [9.17, 15) is 9.59 Å². The molecule has 1 N–H and O–H groups in total. The van der Waals surface area contributed by atoms with Gasteiger partial charge in [-0.1, -0.05) is 36.4 Å². The predicted molar refractivity (Wildman–Crippen MR) is 79.8 cm³/mol. The lowest BCUT2D eigenvalue weighted by molar-refractivity contribution is 0.0966. The van der Waals surface area contributed by atoms with Crippen LogP contribution in [-0.2, 0) is 0 Å². The second-order valence-electron chi connectivity index (χ2n) is 4.55. The molecule has 3 heteroatoms. The van der Waals surface area contributed by atoms with Crippen molar-refractivity contribution < 1.29 is 9.59 Å². The summed E-state index contributed by atoms with van der Waals surface area (Å²) < 4.78 is 0. The molecule has 3 nitrogen and oxygen atoms in total. The van der Waals surface area contributed by atoms with E-state index in [-0.39, 0.29) is 11.6 Å². The number of hydrogen-bond acceptors (Lipinski definition) is 3. The highest BCUT2D eigenvalue weighted by Gasteiger charge is 2.30. The van der Waals surface area contributed by atoms with Gasteiger partial charge in [-0.25, -0.2) is 0 Å². The Labute approximate surface area is 118 Å². The molecule has 1 aromatic carbocycles. The van der Waals surface area contributed by atoms with Gasteiger partial charge in [-0.15, -0.1) is 13.2 Å². The van der Waals surface area contributed by atoms with Gasteiger partial charge in [0.2, 0.25) is 5.78 Å². The van der Waals surface area contributed by atoms with Gasteiger partial charge in [0.05, 0.1) is 5.70 Å². The molecular weight excluding hydrogens is 250 g/mol. The van der Waals surface area contributed by atoms with Crippen LogP contribution in [0.15, 0.2) is 60.8 Å². The van der Waals surface area contributed by atoms with E-state index in [1.165, 1.54) is 0 Å². The van der Waals surface area contributed by atoms with Crippen molar-refractivity contribution in [2.24, 2.45) is 0 Å². The highest BCUT2D eigenvalue weighted by atomic mass is 16.1. The van der Waals surface area contributed by atoms with Gasteiger partial charge >= 0.3 is 0 Å². The monoisotopic (exact) mass is 267 g/mol. The molecule has 0 spiro atoms. The number of carbonyl (C=O) groups is 2. The van der Waals surface area contributed by atoms with Crippen LogP contribution in [-0.4, -0.2) is 18.1 Å². The molecular formula is C17H17NO2. The molecule has 1 aromatic rings. The second kappa shape index (κ2) is 6.15. The average molecular weight is 267 g/mol. The Hall–Kier alpha value is -2.42. The highest BCUT2D eigenvalue weighted by molar-refractivity contribution is 6.26. The van der Waals surface area contributed by atoms with Crippen LogP contribution < -0.4 is 5.32 Å². The summed E-state index contributed by atoms with van der Waals surface area (Å²) >= 11 is 0. The van der Waals surface area contributed by atoms with E-state index >= 15 is 0 Å². The average Bonchev–Trinajstić information content (AvgIpc) is 2.48. The Morgan fingerprint density at radius 1 is 1.00 bits per heavy atom. The number of benzene rings is 1. The molecule has 0 bridgehead atoms. The van der Waals surface area contributed by atoms with E-state index in [0.717, 1.165) is 0 Å². The number of fused-ring (bicyclic) bond motifs is 1. The zero-order chi connectivity index (χ0) is 14.5. The molecule has 1 aliphatic rings. The standard InChI is InChI=1S/C17H17NO2/c1-3-5-8-14-15(18-11-4-2)17(20)13-10-7-6-9-12(13)16(14)19/h3-4,6-7,9-10,18H,1-2,5,8,11H2. The Bertz CT molecular complexity index is 558. The molecule has 0 amide bonds. The van der Waals surface area contributed by atoms with Crippen molar-refractivity contribution >= 4 is 11.6 Å². The van der Waals surface area contributed by atoms with Crippen LogP contribution >= 0.6 is 0 Å². The molecule has 0 aliphatic heterocycles. The third-order valence-electron chi connectivity index (χ3n) is 3.24. The molecule has 0 unspecified atom stereocenters. The Morgan fingerprint density at radius 2 is 1.65 bits per heavy atom. The summed E-state index contributed by atoms with van der Waals surface area (Å²) in [5.74, 6) is -0.199. The summed E-state index contributed by atoms with van der Waals surface area (Å²) in [7, 11) is 0. The van der Waals surface area contributed by atoms with Gasteiger partial charge in [0.15, 0.2) is 5.78 Å². The van der Waals surface area contributed by atoms with Crippen molar-refractivity contribution in [3.63, 3.8) is 0 Å². The first kappa shape index (κ1) is 14.0. The number of allylic oxidation sites excluding steroid dienone is 3. The Kier molecular flexibility index (Phi) is 4.31.